The number of hydrogen-bond donors (Lipinski definition) is 2. The summed E-state index contributed by atoms with van der Waals surface area (Å²) in [5.74, 6) is 1.32. The van der Waals surface area contributed by atoms with Crippen molar-refractivity contribution in [1.82, 2.24) is 20.3 Å². The van der Waals surface area contributed by atoms with Gasteiger partial charge in [0.15, 0.2) is 0 Å². The molecule has 0 spiro atoms. The standard InChI is InChI=1S/C16H21N5OS/c1-9-14(23-10(2)20-9)7-16(22)21-12-4-11(5-12)13-6-15(17-3)19-8-18-13/h6,8,11-12H,4-5,7H2,1-3H3,(H,21,22)(H,17,18,19). The van der Waals surface area contributed by atoms with Crippen LogP contribution >= 0.6 is 11.3 Å². The number of nitrogens with zero attached hydrogens (tertiary/aromatic N) is 3. The fraction of sp³-hybridized carbons (Fsp3) is 0.500. The largest absolute Gasteiger partial charge is 0.373 e. The van der Waals surface area contributed by atoms with Crippen molar-refractivity contribution >= 4 is 23.1 Å². The van der Waals surface area contributed by atoms with Crippen molar-refractivity contribution in [2.24, 2.45) is 0 Å². The van der Waals surface area contributed by atoms with Crippen molar-refractivity contribution in [2.75, 3.05) is 12.4 Å². The Kier molecular flexibility index (Phi) is 4.56. The Morgan fingerprint density at radius 2 is 2.13 bits per heavy atom. The number of carbonyl (C=O) groups excluding carboxylic acids is 1. The maximum atomic E-state index is 12.2. The van der Waals surface area contributed by atoms with Crippen LogP contribution in [0.5, 0.6) is 0 Å². The predicted octanol–water partition coefficient (Wildman–Crippen LogP) is 2.20. The van der Waals surface area contributed by atoms with Crippen LogP contribution in [0.2, 0.25) is 0 Å². The van der Waals surface area contributed by atoms with Crippen LogP contribution < -0.4 is 10.6 Å². The fourth-order valence-corrected chi connectivity index (χ4v) is 3.81. The lowest BCUT2D eigenvalue weighted by atomic mass is 9.78. The predicted molar refractivity (Wildman–Crippen MR) is 90.8 cm³/mol. The van der Waals surface area contributed by atoms with Crippen molar-refractivity contribution < 1.29 is 4.79 Å². The molecule has 0 aliphatic heterocycles. The Labute approximate surface area is 139 Å². The van der Waals surface area contributed by atoms with E-state index in [-0.39, 0.29) is 11.9 Å². The third kappa shape index (κ3) is 3.67. The summed E-state index contributed by atoms with van der Waals surface area (Å²) in [5.41, 5.74) is 2.01. The van der Waals surface area contributed by atoms with Gasteiger partial charge in [0.2, 0.25) is 5.91 Å². The van der Waals surface area contributed by atoms with E-state index in [4.69, 9.17) is 0 Å². The Bertz CT molecular complexity index is 708. The lowest BCUT2D eigenvalue weighted by Gasteiger charge is -2.35. The molecular formula is C16H21N5OS. The van der Waals surface area contributed by atoms with Gasteiger partial charge in [-0.3, -0.25) is 4.79 Å². The highest BCUT2D eigenvalue weighted by Gasteiger charge is 2.32. The number of amides is 1. The quantitative estimate of drug-likeness (QED) is 0.878. The van der Waals surface area contributed by atoms with Gasteiger partial charge in [-0.05, 0) is 26.7 Å². The first-order valence-electron chi connectivity index (χ1n) is 7.77. The summed E-state index contributed by atoms with van der Waals surface area (Å²) in [7, 11) is 1.85. The first-order chi connectivity index (χ1) is 11.0. The summed E-state index contributed by atoms with van der Waals surface area (Å²) in [6.45, 7) is 3.93. The van der Waals surface area contributed by atoms with Gasteiger partial charge in [0.05, 0.1) is 17.1 Å². The van der Waals surface area contributed by atoms with E-state index >= 15 is 0 Å². The van der Waals surface area contributed by atoms with Gasteiger partial charge in [-0.15, -0.1) is 11.3 Å². The van der Waals surface area contributed by atoms with Gasteiger partial charge in [0.1, 0.15) is 12.1 Å². The van der Waals surface area contributed by atoms with Gasteiger partial charge < -0.3 is 10.6 Å². The highest BCUT2D eigenvalue weighted by Crippen LogP contribution is 2.36. The molecule has 0 bridgehead atoms. The van der Waals surface area contributed by atoms with Crippen molar-refractivity contribution in [2.45, 2.75) is 45.1 Å². The number of aryl methyl sites for hydroxylation is 2. The zero-order chi connectivity index (χ0) is 16.4. The van der Waals surface area contributed by atoms with Crippen LogP contribution in [0.25, 0.3) is 0 Å². The molecule has 0 atom stereocenters. The Morgan fingerprint density at radius 1 is 1.35 bits per heavy atom. The van der Waals surface area contributed by atoms with E-state index in [1.807, 2.05) is 27.0 Å². The molecule has 122 valence electrons. The normalized spacial score (nSPS) is 20.0. The number of nitrogens with one attached hydrogen (secondary N) is 2. The fourth-order valence-electron chi connectivity index (χ4n) is 2.87. The van der Waals surface area contributed by atoms with Crippen LogP contribution in [0.3, 0.4) is 0 Å². The van der Waals surface area contributed by atoms with Crippen LogP contribution in [0.15, 0.2) is 12.4 Å². The van der Waals surface area contributed by atoms with Crippen molar-refractivity contribution in [3.63, 3.8) is 0 Å². The molecule has 3 rings (SSSR count). The van der Waals surface area contributed by atoms with Crippen molar-refractivity contribution in [3.05, 3.63) is 33.7 Å². The maximum absolute atomic E-state index is 12.2. The number of hydrogen-bond acceptors (Lipinski definition) is 6. The smallest absolute Gasteiger partial charge is 0.225 e. The molecule has 2 N–H and O–H groups in total. The van der Waals surface area contributed by atoms with Gasteiger partial charge in [-0.25, -0.2) is 15.0 Å². The summed E-state index contributed by atoms with van der Waals surface area (Å²) in [6, 6.07) is 2.22. The molecule has 2 aromatic rings. The minimum Gasteiger partial charge on any atom is -0.373 e. The highest BCUT2D eigenvalue weighted by molar-refractivity contribution is 7.11. The Hall–Kier alpha value is -2.02. The zero-order valence-corrected chi connectivity index (χ0v) is 14.4. The second-order valence-corrected chi connectivity index (χ2v) is 7.22. The maximum Gasteiger partial charge on any atom is 0.225 e. The van der Waals surface area contributed by atoms with Crippen LogP contribution in [0.1, 0.15) is 40.0 Å². The van der Waals surface area contributed by atoms with Crippen LogP contribution in [0, 0.1) is 13.8 Å². The van der Waals surface area contributed by atoms with Gasteiger partial charge in [0.25, 0.3) is 0 Å². The second kappa shape index (κ2) is 6.62. The SMILES string of the molecule is CNc1cc(C2CC(NC(=O)Cc3sc(C)nc3C)C2)ncn1. The summed E-state index contributed by atoms with van der Waals surface area (Å²) >= 11 is 1.60. The summed E-state index contributed by atoms with van der Waals surface area (Å²) in [4.78, 5) is 26.0. The number of anilines is 1. The van der Waals surface area contributed by atoms with E-state index < -0.39 is 0 Å². The van der Waals surface area contributed by atoms with Crippen LogP contribution in [0.4, 0.5) is 5.82 Å². The Balaban J connectivity index is 1.50. The Morgan fingerprint density at radius 3 is 2.78 bits per heavy atom. The molecule has 1 fully saturated rings. The van der Waals surface area contributed by atoms with Crippen molar-refractivity contribution in [3.8, 4) is 0 Å². The van der Waals surface area contributed by atoms with Crippen LogP contribution in [-0.2, 0) is 11.2 Å². The first-order valence-corrected chi connectivity index (χ1v) is 8.58. The molecule has 0 unspecified atom stereocenters. The van der Waals surface area contributed by atoms with Gasteiger partial charge in [-0.2, -0.15) is 0 Å². The molecular weight excluding hydrogens is 310 g/mol. The topological polar surface area (TPSA) is 79.8 Å². The molecule has 0 aromatic carbocycles. The number of thiazole rings is 1. The average molecular weight is 331 g/mol. The third-order valence-electron chi connectivity index (χ3n) is 4.19. The van der Waals surface area contributed by atoms with Gasteiger partial charge in [0, 0.05) is 35.6 Å². The minimum absolute atomic E-state index is 0.0822. The van der Waals surface area contributed by atoms with Crippen LogP contribution in [-0.4, -0.2) is 33.9 Å². The summed E-state index contributed by atoms with van der Waals surface area (Å²) < 4.78 is 0. The summed E-state index contributed by atoms with van der Waals surface area (Å²) in [5, 5.41) is 7.15. The number of carbonyl (C=O) groups is 1. The highest BCUT2D eigenvalue weighted by atomic mass is 32.1. The molecule has 7 heteroatoms. The average Bonchev–Trinajstić information content (AvgIpc) is 2.80. The van der Waals surface area contributed by atoms with E-state index in [1.165, 1.54) is 0 Å². The van der Waals surface area contributed by atoms with Gasteiger partial charge in [-0.1, -0.05) is 0 Å². The van der Waals surface area contributed by atoms with E-state index in [9.17, 15) is 4.79 Å². The lowest BCUT2D eigenvalue weighted by molar-refractivity contribution is -0.121. The van der Waals surface area contributed by atoms with E-state index in [0.29, 0.717) is 12.3 Å². The zero-order valence-electron chi connectivity index (χ0n) is 13.6. The third-order valence-corrected chi connectivity index (χ3v) is 5.26. The molecule has 2 heterocycles. The molecule has 6 nitrogen and oxygen atoms in total. The number of aromatic nitrogens is 3. The lowest BCUT2D eigenvalue weighted by Crippen LogP contribution is -2.44. The van der Waals surface area contributed by atoms with Gasteiger partial charge >= 0.3 is 0 Å². The molecule has 1 aliphatic carbocycles. The van der Waals surface area contributed by atoms with E-state index in [2.05, 4.69) is 25.6 Å². The van der Waals surface area contributed by atoms with Crippen molar-refractivity contribution in [1.29, 1.82) is 0 Å². The first kappa shape index (κ1) is 15.9. The monoisotopic (exact) mass is 331 g/mol. The molecule has 0 radical (unpaired) electrons. The minimum atomic E-state index is 0.0822. The van der Waals surface area contributed by atoms with E-state index in [1.54, 1.807) is 17.7 Å². The molecule has 2 aromatic heterocycles. The molecule has 0 saturated heterocycles. The molecule has 1 amide bonds. The molecule has 23 heavy (non-hydrogen) atoms. The summed E-state index contributed by atoms with van der Waals surface area (Å²) in [6.07, 6.45) is 3.89. The second-order valence-electron chi connectivity index (χ2n) is 5.93. The molecule has 1 aliphatic rings. The number of rotatable bonds is 5. The van der Waals surface area contributed by atoms with E-state index in [0.717, 1.165) is 39.9 Å². The molecule has 1 saturated carbocycles.